The highest BCUT2D eigenvalue weighted by atomic mass is 35.5. The molecule has 120 valence electrons. The molecule has 0 bridgehead atoms. The number of halogens is 1. The lowest BCUT2D eigenvalue weighted by molar-refractivity contribution is 0.357. The van der Waals surface area contributed by atoms with E-state index in [9.17, 15) is 9.59 Å². The van der Waals surface area contributed by atoms with Crippen LogP contribution in [0.15, 0.2) is 27.8 Å². The van der Waals surface area contributed by atoms with Crippen molar-refractivity contribution in [2.75, 3.05) is 0 Å². The van der Waals surface area contributed by atoms with Crippen LogP contribution in [0.2, 0.25) is 5.02 Å². The molecule has 0 saturated carbocycles. The van der Waals surface area contributed by atoms with E-state index in [1.54, 1.807) is 22.8 Å². The van der Waals surface area contributed by atoms with Gasteiger partial charge < -0.3 is 0 Å². The maximum absolute atomic E-state index is 12.8. The monoisotopic (exact) mass is 322 g/mol. The van der Waals surface area contributed by atoms with E-state index in [0.717, 1.165) is 19.3 Å². The Kier molecular flexibility index (Phi) is 4.81. The summed E-state index contributed by atoms with van der Waals surface area (Å²) in [5.74, 6) is 0. The first-order chi connectivity index (χ1) is 10.3. The largest absolute Gasteiger partial charge is 0.331 e. The summed E-state index contributed by atoms with van der Waals surface area (Å²) in [5, 5.41) is 1.07. The number of fused-ring (bicyclic) bond motifs is 1. The molecule has 1 aromatic heterocycles. The molecule has 0 fully saturated rings. The summed E-state index contributed by atoms with van der Waals surface area (Å²) in [5.41, 5.74) is -0.451. The molecule has 0 aliphatic carbocycles. The highest BCUT2D eigenvalue weighted by molar-refractivity contribution is 6.31. The SMILES string of the molecule is CCCCCn1c(=O)n(C(C)(C)C)c(=O)c2ccc(Cl)cc21. The second kappa shape index (κ2) is 6.29. The van der Waals surface area contributed by atoms with Gasteiger partial charge in [0.1, 0.15) is 0 Å². The molecule has 0 atom stereocenters. The number of unbranched alkanes of at least 4 members (excludes halogenated alkanes) is 2. The first-order valence-corrected chi connectivity index (χ1v) is 8.10. The predicted octanol–water partition coefficient (Wildman–Crippen LogP) is 3.76. The third-order valence-corrected chi connectivity index (χ3v) is 4.00. The Morgan fingerprint density at radius 1 is 1.14 bits per heavy atom. The van der Waals surface area contributed by atoms with Crippen molar-refractivity contribution >= 4 is 22.5 Å². The van der Waals surface area contributed by atoms with Crippen LogP contribution in [0.5, 0.6) is 0 Å². The Labute approximate surface area is 135 Å². The van der Waals surface area contributed by atoms with Gasteiger partial charge in [-0.15, -0.1) is 0 Å². The van der Waals surface area contributed by atoms with E-state index in [1.807, 2.05) is 20.8 Å². The van der Waals surface area contributed by atoms with Gasteiger partial charge in [0.05, 0.1) is 10.9 Å². The summed E-state index contributed by atoms with van der Waals surface area (Å²) in [6.45, 7) is 8.32. The van der Waals surface area contributed by atoms with Gasteiger partial charge in [-0.3, -0.25) is 13.9 Å². The fraction of sp³-hybridized carbons (Fsp3) is 0.529. The topological polar surface area (TPSA) is 44.0 Å². The summed E-state index contributed by atoms with van der Waals surface area (Å²) in [6.07, 6.45) is 3.02. The fourth-order valence-electron chi connectivity index (χ4n) is 2.67. The Balaban J connectivity index is 2.81. The number of aromatic nitrogens is 2. The summed E-state index contributed by atoms with van der Waals surface area (Å²) in [6, 6.07) is 5.11. The van der Waals surface area contributed by atoms with E-state index < -0.39 is 5.54 Å². The summed E-state index contributed by atoms with van der Waals surface area (Å²) in [7, 11) is 0. The highest BCUT2D eigenvalue weighted by Crippen LogP contribution is 2.18. The lowest BCUT2D eigenvalue weighted by Gasteiger charge is -2.24. The lowest BCUT2D eigenvalue weighted by Crippen LogP contribution is -2.47. The van der Waals surface area contributed by atoms with E-state index in [4.69, 9.17) is 11.6 Å². The zero-order chi connectivity index (χ0) is 16.5. The molecular formula is C17H23ClN2O2. The lowest BCUT2D eigenvalue weighted by atomic mass is 10.1. The van der Waals surface area contributed by atoms with Crippen molar-refractivity contribution in [3.05, 3.63) is 44.1 Å². The van der Waals surface area contributed by atoms with E-state index in [0.29, 0.717) is 22.5 Å². The van der Waals surface area contributed by atoms with E-state index in [2.05, 4.69) is 6.92 Å². The number of hydrogen-bond donors (Lipinski definition) is 0. The minimum absolute atomic E-state index is 0.254. The van der Waals surface area contributed by atoms with Gasteiger partial charge in [-0.05, 0) is 45.4 Å². The molecule has 5 heteroatoms. The Hall–Kier alpha value is -1.55. The van der Waals surface area contributed by atoms with Gasteiger partial charge in [0.25, 0.3) is 5.56 Å². The number of hydrogen-bond acceptors (Lipinski definition) is 2. The third kappa shape index (κ3) is 3.12. The van der Waals surface area contributed by atoms with Crippen LogP contribution in [-0.2, 0) is 12.1 Å². The second-order valence-electron chi connectivity index (χ2n) is 6.61. The number of benzene rings is 1. The van der Waals surface area contributed by atoms with Gasteiger partial charge in [0.2, 0.25) is 0 Å². The van der Waals surface area contributed by atoms with Gasteiger partial charge >= 0.3 is 5.69 Å². The van der Waals surface area contributed by atoms with Gasteiger partial charge in [-0.1, -0.05) is 31.4 Å². The van der Waals surface area contributed by atoms with E-state index >= 15 is 0 Å². The molecule has 0 aliphatic rings. The van der Waals surface area contributed by atoms with Gasteiger partial charge in [0.15, 0.2) is 0 Å². The maximum atomic E-state index is 12.8. The number of nitrogens with zero attached hydrogens (tertiary/aromatic N) is 2. The first-order valence-electron chi connectivity index (χ1n) is 7.73. The van der Waals surface area contributed by atoms with Crippen molar-refractivity contribution in [3.8, 4) is 0 Å². The van der Waals surface area contributed by atoms with Crippen molar-refractivity contribution < 1.29 is 0 Å². The Morgan fingerprint density at radius 2 is 1.82 bits per heavy atom. The second-order valence-corrected chi connectivity index (χ2v) is 7.05. The molecule has 2 aromatic rings. The normalized spacial score (nSPS) is 12.0. The van der Waals surface area contributed by atoms with E-state index in [-0.39, 0.29) is 11.2 Å². The molecule has 1 aromatic carbocycles. The van der Waals surface area contributed by atoms with Crippen LogP contribution in [0.1, 0.15) is 47.0 Å². The van der Waals surface area contributed by atoms with Crippen LogP contribution in [-0.4, -0.2) is 9.13 Å². The molecule has 0 aliphatic heterocycles. The average molecular weight is 323 g/mol. The van der Waals surface area contributed by atoms with Gasteiger partial charge in [-0.25, -0.2) is 4.79 Å². The van der Waals surface area contributed by atoms with Crippen molar-refractivity contribution in [1.82, 2.24) is 9.13 Å². The zero-order valence-electron chi connectivity index (χ0n) is 13.6. The van der Waals surface area contributed by atoms with Gasteiger partial charge in [-0.2, -0.15) is 0 Å². The molecule has 0 amide bonds. The van der Waals surface area contributed by atoms with Gasteiger partial charge in [0, 0.05) is 17.1 Å². The standard InChI is InChI=1S/C17H23ClN2O2/c1-5-6-7-10-19-14-11-12(18)8-9-13(14)15(21)20(16(19)22)17(2,3)4/h8-9,11H,5-7,10H2,1-4H3. The molecule has 1 heterocycles. The smallest absolute Gasteiger partial charge is 0.293 e. The Morgan fingerprint density at radius 3 is 2.41 bits per heavy atom. The molecule has 0 radical (unpaired) electrons. The molecule has 0 spiro atoms. The minimum Gasteiger partial charge on any atom is -0.293 e. The summed E-state index contributed by atoms with van der Waals surface area (Å²) in [4.78, 5) is 25.5. The number of rotatable bonds is 4. The van der Waals surface area contributed by atoms with Crippen LogP contribution in [0.25, 0.3) is 10.9 Å². The van der Waals surface area contributed by atoms with Crippen molar-refractivity contribution in [2.24, 2.45) is 0 Å². The average Bonchev–Trinajstić information content (AvgIpc) is 2.40. The van der Waals surface area contributed by atoms with Crippen LogP contribution in [0, 0.1) is 0 Å². The fourth-order valence-corrected chi connectivity index (χ4v) is 2.83. The van der Waals surface area contributed by atoms with Crippen molar-refractivity contribution in [3.63, 3.8) is 0 Å². The predicted molar refractivity (Wildman–Crippen MR) is 92.0 cm³/mol. The Bertz CT molecular complexity index is 797. The maximum Gasteiger partial charge on any atom is 0.331 e. The van der Waals surface area contributed by atoms with E-state index in [1.165, 1.54) is 4.57 Å². The zero-order valence-corrected chi connectivity index (χ0v) is 14.4. The van der Waals surface area contributed by atoms with Crippen molar-refractivity contribution in [1.29, 1.82) is 0 Å². The minimum atomic E-state index is -0.561. The van der Waals surface area contributed by atoms with Crippen LogP contribution >= 0.6 is 11.6 Å². The summed E-state index contributed by atoms with van der Waals surface area (Å²) >= 11 is 6.06. The molecular weight excluding hydrogens is 300 g/mol. The third-order valence-electron chi connectivity index (χ3n) is 3.76. The summed E-state index contributed by atoms with van der Waals surface area (Å²) < 4.78 is 3.03. The van der Waals surface area contributed by atoms with Crippen LogP contribution in [0.4, 0.5) is 0 Å². The number of aryl methyl sites for hydroxylation is 1. The molecule has 4 nitrogen and oxygen atoms in total. The van der Waals surface area contributed by atoms with Crippen molar-refractivity contribution in [2.45, 2.75) is 59.0 Å². The van der Waals surface area contributed by atoms with Crippen LogP contribution < -0.4 is 11.2 Å². The quantitative estimate of drug-likeness (QED) is 0.804. The molecule has 2 rings (SSSR count). The molecule has 0 unspecified atom stereocenters. The van der Waals surface area contributed by atoms with Crippen LogP contribution in [0.3, 0.4) is 0 Å². The molecule has 0 saturated heterocycles. The molecule has 0 N–H and O–H groups in total. The molecule has 22 heavy (non-hydrogen) atoms. The highest BCUT2D eigenvalue weighted by Gasteiger charge is 2.22. The first kappa shape index (κ1) is 16.8.